The molecule has 0 aliphatic rings. The number of benzene rings is 6. The minimum atomic E-state index is -5.08. The van der Waals surface area contributed by atoms with E-state index in [1.165, 1.54) is 0 Å². The molecule has 8 aromatic rings. The van der Waals surface area contributed by atoms with Crippen LogP contribution < -0.4 is 21.1 Å². The number of hydrogen-bond donors (Lipinski definition) is 5. The van der Waals surface area contributed by atoms with Crippen molar-refractivity contribution in [3.8, 4) is 5.75 Å². The molecule has 0 spiro atoms. The zero-order valence-corrected chi connectivity index (χ0v) is 35.6. The van der Waals surface area contributed by atoms with Gasteiger partial charge in [-0.1, -0.05) is 42.5 Å². The number of likely N-dealkylation sites (N-methyl/N-ethyl adjacent to an activating group) is 2. The summed E-state index contributed by atoms with van der Waals surface area (Å²) in [6.45, 7) is 2.17. The highest BCUT2D eigenvalue weighted by molar-refractivity contribution is 6.13. The first kappa shape index (κ1) is 46.7. The first-order valence-electron chi connectivity index (χ1n) is 19.9. The van der Waals surface area contributed by atoms with Crippen LogP contribution in [-0.4, -0.2) is 131 Å². The molecule has 6 N–H and O–H groups in total. The number of nitrogen functional groups attached to an aromatic ring is 1. The highest BCUT2D eigenvalue weighted by Crippen LogP contribution is 2.32. The number of hydrogen-bond acceptors (Lipinski definition) is 12. The third-order valence-electron chi connectivity index (χ3n) is 9.75. The topological polar surface area (TPSA) is 226 Å². The number of para-hydroxylation sites is 2. The van der Waals surface area contributed by atoms with E-state index in [9.17, 15) is 27.6 Å². The van der Waals surface area contributed by atoms with Gasteiger partial charge in [0.1, 0.15) is 16.8 Å². The Bertz CT molecular complexity index is 3090. The number of carboxylic acid groups (broad SMARTS) is 2. The molecule has 0 radical (unpaired) electrons. The molecule has 6 aromatic carbocycles. The van der Waals surface area contributed by atoms with Crippen LogP contribution in [0.25, 0.3) is 65.7 Å². The number of aliphatic carboxylic acids is 2. The molecule has 0 unspecified atom stereocenters. The predicted octanol–water partition coefficient (Wildman–Crippen LogP) is 6.13. The van der Waals surface area contributed by atoms with Gasteiger partial charge in [0.05, 0.1) is 44.2 Å². The number of carboxylic acids is 2. The summed E-state index contributed by atoms with van der Waals surface area (Å²) in [5.74, 6) is -3.69. The van der Waals surface area contributed by atoms with Gasteiger partial charge in [-0.15, -0.1) is 0 Å². The van der Waals surface area contributed by atoms with Crippen LogP contribution in [0, 0.1) is 0 Å². The fraction of sp³-hybridized carbons (Fsp3) is 0.217. The smallest absolute Gasteiger partial charge is 0.481 e. The fourth-order valence-corrected chi connectivity index (χ4v) is 6.64. The number of nitrogens with two attached hydrogens (primary N) is 1. The number of aromatic nitrogens is 4. The monoisotopic (exact) mass is 891 g/mol. The largest absolute Gasteiger partial charge is 0.490 e. The van der Waals surface area contributed by atoms with Gasteiger partial charge in [-0.25, -0.2) is 29.5 Å². The Labute approximate surface area is 368 Å². The van der Waals surface area contributed by atoms with E-state index in [4.69, 9.17) is 45.4 Å². The summed E-state index contributed by atoms with van der Waals surface area (Å²) in [5.41, 5.74) is 13.1. The van der Waals surface area contributed by atoms with Crippen LogP contribution >= 0.6 is 0 Å². The molecule has 0 bridgehead atoms. The van der Waals surface area contributed by atoms with Gasteiger partial charge in [-0.05, 0) is 82.8 Å². The SMILES string of the molecule is CN(C)CCNC(=O)c1cccc2nc3ccc4c(N)cccc4c3nc12.CN(C)CCNC(=O)c1cccc2nc3ccc4c(OCC(=O)O)cccc4c3nc12.O=C(O)C(F)(F)F. The van der Waals surface area contributed by atoms with Crippen molar-refractivity contribution in [3.05, 3.63) is 108 Å². The first-order chi connectivity index (χ1) is 30.9. The molecule has 2 amide bonds. The third-order valence-corrected chi connectivity index (χ3v) is 9.75. The molecule has 0 saturated heterocycles. The average molecular weight is 892 g/mol. The number of rotatable bonds is 11. The van der Waals surface area contributed by atoms with Gasteiger partial charge in [0.15, 0.2) is 6.61 Å². The highest BCUT2D eigenvalue weighted by Gasteiger charge is 2.38. The van der Waals surface area contributed by atoms with Crippen molar-refractivity contribution in [2.24, 2.45) is 0 Å². The third kappa shape index (κ3) is 11.3. The van der Waals surface area contributed by atoms with Crippen LogP contribution in [0.3, 0.4) is 0 Å². The number of halogens is 3. The second kappa shape index (κ2) is 20.2. The van der Waals surface area contributed by atoms with Crippen LogP contribution in [0.2, 0.25) is 0 Å². The van der Waals surface area contributed by atoms with Crippen molar-refractivity contribution in [3.63, 3.8) is 0 Å². The summed E-state index contributed by atoms with van der Waals surface area (Å²) in [6.07, 6.45) is -5.08. The summed E-state index contributed by atoms with van der Waals surface area (Å²) in [6, 6.07) is 29.5. The van der Waals surface area contributed by atoms with Crippen LogP contribution in [-0.2, 0) is 9.59 Å². The lowest BCUT2D eigenvalue weighted by atomic mass is 10.1. The first-order valence-corrected chi connectivity index (χ1v) is 19.9. The number of ether oxygens (including phenoxy) is 1. The van der Waals surface area contributed by atoms with E-state index in [1.54, 1.807) is 30.3 Å². The Morgan fingerprint density at radius 1 is 0.585 bits per heavy atom. The quantitative estimate of drug-likeness (QED) is 0.0559. The maximum Gasteiger partial charge on any atom is 0.490 e. The standard InChI is InChI=1S/C23H22N4O4.C21H21N5O.C2HF3O2/c1-27(2)12-11-24-23(30)16-6-3-7-17-22(16)26-21-15-5-4-8-19(31-13-20(28)29)14(15)9-10-18(21)25-17;1-26(2)12-11-23-21(27)15-6-4-8-17-20(15)25-19-14-5-3-7-16(22)13(14)9-10-18(19)24-17;3-2(4,5)1(6)7/h3-10H,11-13H2,1-2H3,(H,24,30)(H,28,29);3-10H,11-12,22H2,1-2H3,(H,23,27);(H,6,7). The predicted molar refractivity (Wildman–Crippen MR) is 242 cm³/mol. The molecule has 65 heavy (non-hydrogen) atoms. The molecule has 19 heteroatoms. The number of nitrogens with zero attached hydrogens (tertiary/aromatic N) is 6. The van der Waals surface area contributed by atoms with E-state index >= 15 is 0 Å². The van der Waals surface area contributed by atoms with Crippen LogP contribution in [0.5, 0.6) is 5.75 Å². The van der Waals surface area contributed by atoms with E-state index in [0.29, 0.717) is 68.8 Å². The molecule has 0 aliphatic carbocycles. The summed E-state index contributed by atoms with van der Waals surface area (Å²) in [4.78, 5) is 68.3. The molecule has 336 valence electrons. The lowest BCUT2D eigenvalue weighted by Crippen LogP contribution is -2.31. The van der Waals surface area contributed by atoms with Gasteiger partial charge in [-0.2, -0.15) is 13.2 Å². The lowest BCUT2D eigenvalue weighted by Gasteiger charge is -2.12. The minimum absolute atomic E-state index is 0.143. The second-order valence-corrected chi connectivity index (χ2v) is 15.1. The molecule has 0 saturated carbocycles. The normalized spacial score (nSPS) is 11.4. The molecular weight excluding hydrogens is 848 g/mol. The average Bonchev–Trinajstić information content (AvgIpc) is 3.26. The van der Waals surface area contributed by atoms with Gasteiger partial charge in [0.2, 0.25) is 0 Å². The minimum Gasteiger partial charge on any atom is -0.481 e. The number of fused-ring (bicyclic) bond motifs is 8. The van der Waals surface area contributed by atoms with Gasteiger partial charge in [0, 0.05) is 53.4 Å². The lowest BCUT2D eigenvalue weighted by molar-refractivity contribution is -0.192. The number of nitrogens with one attached hydrogen (secondary N) is 2. The molecule has 0 aliphatic heterocycles. The molecule has 8 rings (SSSR count). The Morgan fingerprint density at radius 3 is 1.48 bits per heavy atom. The maximum atomic E-state index is 12.8. The molecule has 16 nitrogen and oxygen atoms in total. The molecule has 2 aromatic heterocycles. The molecular formula is C46H44F3N9O7. The number of amides is 2. The Morgan fingerprint density at radius 2 is 1.02 bits per heavy atom. The Kier molecular flexibility index (Phi) is 14.5. The number of alkyl halides is 3. The van der Waals surface area contributed by atoms with Gasteiger partial charge in [-0.3, -0.25) is 9.59 Å². The van der Waals surface area contributed by atoms with E-state index in [2.05, 4.69) is 10.6 Å². The Balaban J connectivity index is 0.000000189. The van der Waals surface area contributed by atoms with Crippen LogP contribution in [0.1, 0.15) is 20.7 Å². The number of anilines is 1. The van der Waals surface area contributed by atoms with E-state index in [0.717, 1.165) is 45.7 Å². The summed E-state index contributed by atoms with van der Waals surface area (Å²) < 4.78 is 37.2. The van der Waals surface area contributed by atoms with Crippen molar-refractivity contribution < 1.29 is 47.3 Å². The Hall–Kier alpha value is -7.77. The molecule has 0 fully saturated rings. The van der Waals surface area contributed by atoms with Crippen molar-refractivity contribution in [2.45, 2.75) is 6.18 Å². The van der Waals surface area contributed by atoms with Crippen LogP contribution in [0.15, 0.2) is 97.1 Å². The van der Waals surface area contributed by atoms with Crippen LogP contribution in [0.4, 0.5) is 18.9 Å². The van der Waals surface area contributed by atoms with Gasteiger partial charge >= 0.3 is 18.1 Å². The number of carbonyl (C=O) groups is 4. The van der Waals surface area contributed by atoms with Gasteiger partial charge < -0.3 is 41.1 Å². The van der Waals surface area contributed by atoms with E-state index in [1.807, 2.05) is 105 Å². The maximum absolute atomic E-state index is 12.8. The summed E-state index contributed by atoms with van der Waals surface area (Å²) >= 11 is 0. The van der Waals surface area contributed by atoms with E-state index < -0.39 is 24.7 Å². The molecule has 0 atom stereocenters. The van der Waals surface area contributed by atoms with Gasteiger partial charge in [0.25, 0.3) is 11.8 Å². The zero-order chi connectivity index (χ0) is 47.0. The highest BCUT2D eigenvalue weighted by atomic mass is 19.4. The fourth-order valence-electron chi connectivity index (χ4n) is 6.64. The van der Waals surface area contributed by atoms with Crippen molar-refractivity contribution in [1.82, 2.24) is 40.4 Å². The van der Waals surface area contributed by atoms with E-state index in [-0.39, 0.29) is 11.8 Å². The summed E-state index contributed by atoms with van der Waals surface area (Å²) in [7, 11) is 7.83. The summed E-state index contributed by atoms with van der Waals surface area (Å²) in [5, 5.41) is 25.3. The zero-order valence-electron chi connectivity index (χ0n) is 35.6. The number of carbonyl (C=O) groups excluding carboxylic acids is 2. The molecule has 2 heterocycles. The van der Waals surface area contributed by atoms with Crippen molar-refractivity contribution >= 4 is 95.1 Å². The van der Waals surface area contributed by atoms with Crippen molar-refractivity contribution in [2.75, 3.05) is 66.7 Å². The van der Waals surface area contributed by atoms with Crippen molar-refractivity contribution in [1.29, 1.82) is 0 Å². The second-order valence-electron chi connectivity index (χ2n) is 15.1.